The Morgan fingerprint density at radius 2 is 1.90 bits per heavy atom. The standard InChI is InChI=1S/C16H20N2OS/c1-3-13-8-9-14(20-13)11-18-15-7-5-4-6-12(15)10-16(19)17-2/h4-9,18H,3,10-11H2,1-2H3,(H,17,19). The average molecular weight is 288 g/mol. The molecule has 2 N–H and O–H groups in total. The molecular formula is C16H20N2OS. The molecule has 0 unspecified atom stereocenters. The number of carbonyl (C=O) groups is 1. The third kappa shape index (κ3) is 3.84. The Balaban J connectivity index is 2.03. The number of hydrogen-bond acceptors (Lipinski definition) is 3. The van der Waals surface area contributed by atoms with Gasteiger partial charge in [-0.25, -0.2) is 0 Å². The Bertz CT molecular complexity index is 577. The van der Waals surface area contributed by atoms with Gasteiger partial charge in [0, 0.05) is 29.0 Å². The molecule has 0 fully saturated rings. The molecule has 0 aliphatic heterocycles. The lowest BCUT2D eigenvalue weighted by molar-refractivity contribution is -0.119. The van der Waals surface area contributed by atoms with Gasteiger partial charge >= 0.3 is 0 Å². The van der Waals surface area contributed by atoms with Gasteiger partial charge in [0.2, 0.25) is 5.91 Å². The summed E-state index contributed by atoms with van der Waals surface area (Å²) in [4.78, 5) is 14.2. The van der Waals surface area contributed by atoms with Crippen LogP contribution >= 0.6 is 11.3 Å². The normalized spacial score (nSPS) is 10.3. The summed E-state index contributed by atoms with van der Waals surface area (Å²) in [6, 6.07) is 12.3. The predicted molar refractivity (Wildman–Crippen MR) is 85.2 cm³/mol. The molecule has 20 heavy (non-hydrogen) atoms. The molecular weight excluding hydrogens is 268 g/mol. The van der Waals surface area contributed by atoms with Gasteiger partial charge in [-0.3, -0.25) is 4.79 Å². The van der Waals surface area contributed by atoms with Crippen LogP contribution in [-0.2, 0) is 24.2 Å². The first-order valence-electron chi connectivity index (χ1n) is 6.83. The van der Waals surface area contributed by atoms with Crippen molar-refractivity contribution in [3.05, 3.63) is 51.7 Å². The molecule has 0 aliphatic rings. The summed E-state index contributed by atoms with van der Waals surface area (Å²) >= 11 is 1.83. The third-order valence-corrected chi connectivity index (χ3v) is 4.40. The van der Waals surface area contributed by atoms with Crippen molar-refractivity contribution in [3.8, 4) is 0 Å². The second-order valence-corrected chi connectivity index (χ2v) is 5.84. The van der Waals surface area contributed by atoms with E-state index in [9.17, 15) is 4.79 Å². The topological polar surface area (TPSA) is 41.1 Å². The van der Waals surface area contributed by atoms with Gasteiger partial charge in [0.25, 0.3) is 0 Å². The van der Waals surface area contributed by atoms with Gasteiger partial charge in [-0.05, 0) is 30.2 Å². The van der Waals surface area contributed by atoms with Crippen molar-refractivity contribution in [1.82, 2.24) is 5.32 Å². The Hall–Kier alpha value is -1.81. The van der Waals surface area contributed by atoms with Gasteiger partial charge in [0.05, 0.1) is 6.42 Å². The zero-order chi connectivity index (χ0) is 14.4. The van der Waals surface area contributed by atoms with E-state index < -0.39 is 0 Å². The Labute approximate surface area is 124 Å². The van der Waals surface area contributed by atoms with Gasteiger partial charge in [-0.15, -0.1) is 11.3 Å². The fourth-order valence-corrected chi connectivity index (χ4v) is 2.90. The molecule has 1 aromatic heterocycles. The first-order valence-corrected chi connectivity index (χ1v) is 7.64. The van der Waals surface area contributed by atoms with E-state index in [0.29, 0.717) is 6.42 Å². The number of thiophene rings is 1. The van der Waals surface area contributed by atoms with Gasteiger partial charge in [0.1, 0.15) is 0 Å². The maximum atomic E-state index is 11.5. The van der Waals surface area contributed by atoms with E-state index in [-0.39, 0.29) is 5.91 Å². The second-order valence-electron chi connectivity index (χ2n) is 4.58. The monoisotopic (exact) mass is 288 g/mol. The second kappa shape index (κ2) is 7.10. The van der Waals surface area contributed by atoms with Crippen molar-refractivity contribution in [2.75, 3.05) is 12.4 Å². The van der Waals surface area contributed by atoms with Crippen LogP contribution in [0.1, 0.15) is 22.2 Å². The minimum Gasteiger partial charge on any atom is -0.380 e. The molecule has 3 nitrogen and oxygen atoms in total. The maximum absolute atomic E-state index is 11.5. The van der Waals surface area contributed by atoms with Crippen LogP contribution in [0, 0.1) is 0 Å². The smallest absolute Gasteiger partial charge is 0.224 e. The summed E-state index contributed by atoms with van der Waals surface area (Å²) in [5.74, 6) is 0.0312. The number of amides is 1. The molecule has 106 valence electrons. The molecule has 2 rings (SSSR count). The van der Waals surface area contributed by atoms with Crippen LogP contribution in [0.25, 0.3) is 0 Å². The van der Waals surface area contributed by atoms with E-state index in [0.717, 1.165) is 24.2 Å². The fourth-order valence-electron chi connectivity index (χ4n) is 2.00. The molecule has 0 saturated heterocycles. The van der Waals surface area contributed by atoms with E-state index in [2.05, 4.69) is 29.7 Å². The van der Waals surface area contributed by atoms with Gasteiger partial charge < -0.3 is 10.6 Å². The Morgan fingerprint density at radius 3 is 2.60 bits per heavy atom. The number of anilines is 1. The number of hydrogen-bond donors (Lipinski definition) is 2. The van der Waals surface area contributed by atoms with Crippen molar-refractivity contribution < 1.29 is 4.79 Å². The molecule has 0 spiro atoms. The highest BCUT2D eigenvalue weighted by Crippen LogP contribution is 2.20. The quantitative estimate of drug-likeness (QED) is 0.857. The largest absolute Gasteiger partial charge is 0.380 e. The summed E-state index contributed by atoms with van der Waals surface area (Å²) in [5, 5.41) is 6.09. The van der Waals surface area contributed by atoms with Crippen molar-refractivity contribution in [3.63, 3.8) is 0 Å². The molecule has 0 bridgehead atoms. The van der Waals surface area contributed by atoms with E-state index in [4.69, 9.17) is 0 Å². The number of carbonyl (C=O) groups excluding carboxylic acids is 1. The number of para-hydroxylation sites is 1. The minimum absolute atomic E-state index is 0.0312. The van der Waals surface area contributed by atoms with E-state index in [1.165, 1.54) is 9.75 Å². The van der Waals surface area contributed by atoms with Crippen LogP contribution in [0.4, 0.5) is 5.69 Å². The number of rotatable bonds is 6. The third-order valence-electron chi connectivity index (χ3n) is 3.17. The van der Waals surface area contributed by atoms with Gasteiger partial charge in [0.15, 0.2) is 0 Å². The molecule has 1 heterocycles. The molecule has 0 saturated carbocycles. The van der Waals surface area contributed by atoms with Crippen LogP contribution in [0.5, 0.6) is 0 Å². The van der Waals surface area contributed by atoms with E-state index in [1.54, 1.807) is 7.05 Å². The van der Waals surface area contributed by atoms with Gasteiger partial charge in [-0.2, -0.15) is 0 Å². The van der Waals surface area contributed by atoms with Crippen molar-refractivity contribution in [1.29, 1.82) is 0 Å². The number of nitrogens with one attached hydrogen (secondary N) is 2. The summed E-state index contributed by atoms with van der Waals surface area (Å²) in [6.07, 6.45) is 1.49. The number of likely N-dealkylation sites (N-methyl/N-ethyl adjacent to an activating group) is 1. The number of benzene rings is 1. The van der Waals surface area contributed by atoms with Gasteiger partial charge in [-0.1, -0.05) is 25.1 Å². The lowest BCUT2D eigenvalue weighted by atomic mass is 10.1. The van der Waals surface area contributed by atoms with E-state index in [1.807, 2.05) is 35.6 Å². The highest BCUT2D eigenvalue weighted by molar-refractivity contribution is 7.12. The SMILES string of the molecule is CCc1ccc(CNc2ccccc2CC(=O)NC)s1. The van der Waals surface area contributed by atoms with Crippen LogP contribution in [0.2, 0.25) is 0 Å². The van der Waals surface area contributed by atoms with Crippen LogP contribution in [0.3, 0.4) is 0 Å². The van der Waals surface area contributed by atoms with Crippen molar-refractivity contribution >= 4 is 22.9 Å². The summed E-state index contributed by atoms with van der Waals surface area (Å²) in [6.45, 7) is 2.97. The average Bonchev–Trinajstić information content (AvgIpc) is 2.94. The first kappa shape index (κ1) is 14.6. The summed E-state index contributed by atoms with van der Waals surface area (Å²) < 4.78 is 0. The molecule has 0 aliphatic carbocycles. The molecule has 4 heteroatoms. The first-order chi connectivity index (χ1) is 9.72. The molecule has 1 aromatic carbocycles. The summed E-state index contributed by atoms with van der Waals surface area (Å²) in [7, 11) is 1.66. The van der Waals surface area contributed by atoms with Crippen LogP contribution < -0.4 is 10.6 Å². The van der Waals surface area contributed by atoms with Crippen LogP contribution in [0.15, 0.2) is 36.4 Å². The Kier molecular flexibility index (Phi) is 5.18. The molecule has 2 aromatic rings. The summed E-state index contributed by atoms with van der Waals surface area (Å²) in [5.41, 5.74) is 2.06. The zero-order valence-corrected chi connectivity index (χ0v) is 12.7. The maximum Gasteiger partial charge on any atom is 0.224 e. The lowest BCUT2D eigenvalue weighted by Gasteiger charge is -2.10. The lowest BCUT2D eigenvalue weighted by Crippen LogP contribution is -2.20. The van der Waals surface area contributed by atoms with Crippen LogP contribution in [-0.4, -0.2) is 13.0 Å². The molecule has 1 amide bonds. The predicted octanol–water partition coefficient (Wildman–Crippen LogP) is 3.21. The Morgan fingerprint density at radius 1 is 1.15 bits per heavy atom. The molecule has 0 radical (unpaired) electrons. The highest BCUT2D eigenvalue weighted by Gasteiger charge is 2.06. The highest BCUT2D eigenvalue weighted by atomic mass is 32.1. The van der Waals surface area contributed by atoms with E-state index >= 15 is 0 Å². The number of aryl methyl sites for hydroxylation is 1. The fraction of sp³-hybridized carbons (Fsp3) is 0.312. The van der Waals surface area contributed by atoms with Crippen molar-refractivity contribution in [2.45, 2.75) is 26.3 Å². The van der Waals surface area contributed by atoms with Crippen molar-refractivity contribution in [2.24, 2.45) is 0 Å². The molecule has 0 atom stereocenters. The zero-order valence-electron chi connectivity index (χ0n) is 11.9. The minimum atomic E-state index is 0.0312.